The highest BCUT2D eigenvalue weighted by atomic mass is 35.5. The lowest BCUT2D eigenvalue weighted by Crippen LogP contribution is -2.18. The highest BCUT2D eigenvalue weighted by molar-refractivity contribution is 6.17. The minimum Gasteiger partial charge on any atom is -0.490 e. The third kappa shape index (κ3) is 5.04. The fourth-order valence-electron chi connectivity index (χ4n) is 1.46. The highest BCUT2D eigenvalue weighted by Crippen LogP contribution is 2.33. The van der Waals surface area contributed by atoms with Crippen molar-refractivity contribution < 1.29 is 22.6 Å². The van der Waals surface area contributed by atoms with E-state index in [1.165, 1.54) is 12.1 Å². The predicted molar refractivity (Wildman–Crippen MR) is 63.3 cm³/mol. The average molecular weight is 283 g/mol. The van der Waals surface area contributed by atoms with Crippen LogP contribution in [0.5, 0.6) is 11.5 Å². The van der Waals surface area contributed by atoms with Gasteiger partial charge in [-0.1, -0.05) is 6.07 Å². The molecule has 102 valence electrons. The Labute approximate surface area is 109 Å². The topological polar surface area (TPSA) is 18.5 Å². The van der Waals surface area contributed by atoms with E-state index in [1.54, 1.807) is 13.0 Å². The molecule has 0 saturated carbocycles. The summed E-state index contributed by atoms with van der Waals surface area (Å²) in [6.07, 6.45) is -3.43. The number of rotatable bonds is 6. The zero-order valence-electron chi connectivity index (χ0n) is 9.89. The van der Waals surface area contributed by atoms with Gasteiger partial charge in [0.25, 0.3) is 0 Å². The van der Waals surface area contributed by atoms with Crippen molar-refractivity contribution in [1.82, 2.24) is 0 Å². The number of ether oxygens (including phenoxy) is 2. The van der Waals surface area contributed by atoms with Gasteiger partial charge in [-0.05, 0) is 37.5 Å². The second-order valence-electron chi connectivity index (χ2n) is 3.55. The van der Waals surface area contributed by atoms with Gasteiger partial charge in [-0.15, -0.1) is 24.8 Å². The number of halogens is 4. The van der Waals surface area contributed by atoms with E-state index in [2.05, 4.69) is 4.74 Å². The molecule has 1 rings (SSSR count). The van der Waals surface area contributed by atoms with Gasteiger partial charge in [0.15, 0.2) is 11.5 Å². The van der Waals surface area contributed by atoms with E-state index < -0.39 is 6.36 Å². The molecule has 0 saturated heterocycles. The van der Waals surface area contributed by atoms with Crippen LogP contribution in [0.3, 0.4) is 0 Å². The zero-order valence-corrected chi connectivity index (χ0v) is 10.6. The zero-order chi connectivity index (χ0) is 13.6. The Morgan fingerprint density at radius 3 is 2.50 bits per heavy atom. The van der Waals surface area contributed by atoms with Crippen LogP contribution in [0.25, 0.3) is 0 Å². The van der Waals surface area contributed by atoms with Crippen molar-refractivity contribution >= 4 is 11.6 Å². The molecule has 2 nitrogen and oxygen atoms in total. The predicted octanol–water partition coefficient (Wildman–Crippen LogP) is 4.16. The fraction of sp³-hybridized carbons (Fsp3) is 0.500. The second-order valence-corrected chi connectivity index (χ2v) is 3.93. The minimum atomic E-state index is -4.73. The quantitative estimate of drug-likeness (QED) is 0.730. The molecule has 0 radical (unpaired) electrons. The molecule has 0 N–H and O–H groups in total. The van der Waals surface area contributed by atoms with Gasteiger partial charge in [0, 0.05) is 5.88 Å². The van der Waals surface area contributed by atoms with Crippen molar-refractivity contribution in [2.45, 2.75) is 26.1 Å². The molecule has 0 heterocycles. The van der Waals surface area contributed by atoms with Crippen molar-refractivity contribution in [1.29, 1.82) is 0 Å². The summed E-state index contributed by atoms with van der Waals surface area (Å²) in [5, 5.41) is 0. The Bertz CT molecular complexity index is 380. The molecular weight excluding hydrogens is 269 g/mol. The normalized spacial score (nSPS) is 11.4. The summed E-state index contributed by atoms with van der Waals surface area (Å²) in [5.41, 5.74) is 0.735. The van der Waals surface area contributed by atoms with Crippen molar-refractivity contribution in [3.63, 3.8) is 0 Å². The van der Waals surface area contributed by atoms with Crippen molar-refractivity contribution in [2.75, 3.05) is 12.5 Å². The van der Waals surface area contributed by atoms with Crippen LogP contribution >= 0.6 is 11.6 Å². The van der Waals surface area contributed by atoms with Crippen LogP contribution in [-0.4, -0.2) is 18.8 Å². The van der Waals surface area contributed by atoms with Gasteiger partial charge < -0.3 is 9.47 Å². The van der Waals surface area contributed by atoms with Crippen molar-refractivity contribution in [2.24, 2.45) is 0 Å². The molecule has 0 spiro atoms. The first-order valence-corrected chi connectivity index (χ1v) is 6.07. The molecule has 0 amide bonds. The molecular formula is C12H14ClF3O2. The molecule has 1 aromatic carbocycles. The molecule has 0 unspecified atom stereocenters. The number of alkyl halides is 4. The van der Waals surface area contributed by atoms with E-state index in [9.17, 15) is 13.2 Å². The molecule has 0 aromatic heterocycles. The van der Waals surface area contributed by atoms with Crippen molar-refractivity contribution in [3.05, 3.63) is 23.8 Å². The van der Waals surface area contributed by atoms with E-state index in [0.29, 0.717) is 18.7 Å². The maximum atomic E-state index is 12.2. The maximum Gasteiger partial charge on any atom is 0.573 e. The summed E-state index contributed by atoms with van der Waals surface area (Å²) in [4.78, 5) is 0. The molecule has 0 aliphatic heterocycles. The largest absolute Gasteiger partial charge is 0.573 e. The van der Waals surface area contributed by atoms with Crippen LogP contribution < -0.4 is 9.47 Å². The van der Waals surface area contributed by atoms with Crippen LogP contribution in [0.1, 0.15) is 18.9 Å². The van der Waals surface area contributed by atoms with E-state index in [4.69, 9.17) is 16.3 Å². The van der Waals surface area contributed by atoms with Gasteiger partial charge in [0.1, 0.15) is 0 Å². The SMILES string of the molecule is CCOc1ccc(CCCCl)cc1OC(F)(F)F. The van der Waals surface area contributed by atoms with Gasteiger partial charge in [-0.3, -0.25) is 0 Å². The number of hydrogen-bond donors (Lipinski definition) is 0. The van der Waals surface area contributed by atoms with Crippen LogP contribution in [0.2, 0.25) is 0 Å². The van der Waals surface area contributed by atoms with E-state index >= 15 is 0 Å². The Hall–Kier alpha value is -1.10. The summed E-state index contributed by atoms with van der Waals surface area (Å²) < 4.78 is 45.8. The Morgan fingerprint density at radius 2 is 1.94 bits per heavy atom. The van der Waals surface area contributed by atoms with E-state index in [1.807, 2.05) is 0 Å². The van der Waals surface area contributed by atoms with Crippen LogP contribution in [0, 0.1) is 0 Å². The Morgan fingerprint density at radius 1 is 1.22 bits per heavy atom. The summed E-state index contributed by atoms with van der Waals surface area (Å²) in [7, 11) is 0. The first kappa shape index (κ1) is 15.0. The number of hydrogen-bond acceptors (Lipinski definition) is 2. The third-order valence-electron chi connectivity index (χ3n) is 2.13. The molecule has 0 aliphatic rings. The lowest BCUT2D eigenvalue weighted by Gasteiger charge is -2.14. The molecule has 18 heavy (non-hydrogen) atoms. The molecule has 6 heteroatoms. The van der Waals surface area contributed by atoms with Gasteiger partial charge in [-0.2, -0.15) is 0 Å². The number of benzene rings is 1. The Kier molecular flexibility index (Phi) is 5.59. The summed E-state index contributed by atoms with van der Waals surface area (Å²) in [6, 6.07) is 4.53. The van der Waals surface area contributed by atoms with Gasteiger partial charge in [0.05, 0.1) is 6.61 Å². The van der Waals surface area contributed by atoms with Crippen LogP contribution in [0.4, 0.5) is 13.2 Å². The fourth-order valence-corrected chi connectivity index (χ4v) is 1.59. The Balaban J connectivity index is 2.92. The summed E-state index contributed by atoms with van der Waals surface area (Å²) >= 11 is 5.54. The third-order valence-corrected chi connectivity index (χ3v) is 2.40. The van der Waals surface area contributed by atoms with Crippen LogP contribution in [-0.2, 0) is 6.42 Å². The van der Waals surface area contributed by atoms with Crippen LogP contribution in [0.15, 0.2) is 18.2 Å². The molecule has 1 aromatic rings. The number of aryl methyl sites for hydroxylation is 1. The highest BCUT2D eigenvalue weighted by Gasteiger charge is 2.32. The molecule has 0 aliphatic carbocycles. The average Bonchev–Trinajstić information content (AvgIpc) is 2.27. The molecule has 0 fully saturated rings. The van der Waals surface area contributed by atoms with Crippen molar-refractivity contribution in [3.8, 4) is 11.5 Å². The van der Waals surface area contributed by atoms with E-state index in [-0.39, 0.29) is 18.1 Å². The molecule has 0 atom stereocenters. The van der Waals surface area contributed by atoms with Gasteiger partial charge in [-0.25, -0.2) is 0 Å². The second kappa shape index (κ2) is 6.73. The summed E-state index contributed by atoms with van der Waals surface area (Å²) in [6.45, 7) is 1.97. The lowest BCUT2D eigenvalue weighted by atomic mass is 10.1. The smallest absolute Gasteiger partial charge is 0.490 e. The first-order chi connectivity index (χ1) is 8.46. The standard InChI is InChI=1S/C12H14ClF3O2/c1-2-17-10-6-5-9(4-3-7-13)8-11(10)18-12(14,15)16/h5-6,8H,2-4,7H2,1H3. The minimum absolute atomic E-state index is 0.0875. The molecule has 0 bridgehead atoms. The van der Waals surface area contributed by atoms with Gasteiger partial charge >= 0.3 is 6.36 Å². The lowest BCUT2D eigenvalue weighted by molar-refractivity contribution is -0.275. The first-order valence-electron chi connectivity index (χ1n) is 5.53. The van der Waals surface area contributed by atoms with Gasteiger partial charge in [0.2, 0.25) is 0 Å². The monoisotopic (exact) mass is 282 g/mol. The summed E-state index contributed by atoms with van der Waals surface area (Å²) in [5.74, 6) is 0.240. The van der Waals surface area contributed by atoms with E-state index in [0.717, 1.165) is 5.56 Å². The maximum absolute atomic E-state index is 12.2.